The first-order valence-electron chi connectivity index (χ1n) is 13.1. The molecular weight excluding hydrogens is 577 g/mol. The molecule has 1 fully saturated rings. The summed E-state index contributed by atoms with van der Waals surface area (Å²) >= 11 is 18.8. The standard InChI is InChI=1S/C29H34Cl3N3O3S/c1-4-38-26-18-25(32)27(39(36,37)35-15-5-6-16-35)17-24(26)28(33-19-20-7-11-22(30)12-8-20)34-29(2,3)21-9-13-23(31)14-10-21/h7-9,11-14,17-18,21H,4-6,10,15-16,19H2,1-3H3,(H,33,34). The molecule has 2 aromatic rings. The van der Waals surface area contributed by atoms with Crippen molar-refractivity contribution in [3.8, 4) is 5.75 Å². The van der Waals surface area contributed by atoms with Crippen LogP contribution < -0.4 is 10.1 Å². The van der Waals surface area contributed by atoms with Crippen molar-refractivity contribution in [2.24, 2.45) is 10.9 Å². The molecule has 0 saturated carbocycles. The van der Waals surface area contributed by atoms with E-state index in [0.717, 1.165) is 24.8 Å². The quantitative estimate of drug-likeness (QED) is 0.241. The number of amidine groups is 1. The Balaban J connectivity index is 1.82. The van der Waals surface area contributed by atoms with Crippen molar-refractivity contribution >= 4 is 50.7 Å². The van der Waals surface area contributed by atoms with Gasteiger partial charge in [0.15, 0.2) is 0 Å². The molecule has 0 bridgehead atoms. The summed E-state index contributed by atoms with van der Waals surface area (Å²) in [5.41, 5.74) is 0.979. The molecule has 0 amide bonds. The van der Waals surface area contributed by atoms with E-state index in [1.807, 2.05) is 43.3 Å². The van der Waals surface area contributed by atoms with Gasteiger partial charge in [-0.05, 0) is 69.9 Å². The Morgan fingerprint density at radius 1 is 1.13 bits per heavy atom. The lowest BCUT2D eigenvalue weighted by Gasteiger charge is -2.31. The largest absolute Gasteiger partial charge is 0.493 e. The van der Waals surface area contributed by atoms with Crippen molar-refractivity contribution < 1.29 is 13.2 Å². The van der Waals surface area contributed by atoms with E-state index in [9.17, 15) is 8.42 Å². The summed E-state index contributed by atoms with van der Waals surface area (Å²) in [6.45, 7) is 7.76. The third-order valence-corrected chi connectivity index (χ3v) is 9.90. The monoisotopic (exact) mass is 609 g/mol. The van der Waals surface area contributed by atoms with Gasteiger partial charge >= 0.3 is 0 Å². The first-order valence-corrected chi connectivity index (χ1v) is 15.7. The molecule has 1 unspecified atom stereocenters. The molecule has 0 spiro atoms. The van der Waals surface area contributed by atoms with Gasteiger partial charge < -0.3 is 10.1 Å². The van der Waals surface area contributed by atoms with E-state index in [4.69, 9.17) is 44.5 Å². The molecule has 2 aromatic carbocycles. The SMILES string of the molecule is CCOc1cc(Cl)c(S(=O)(=O)N2CCCC2)cc1/C(=N/C(C)(C)C1C=CC(Cl)=CC1)NCc1ccc(Cl)cc1. The fourth-order valence-corrected chi connectivity index (χ4v) is 7.06. The van der Waals surface area contributed by atoms with Crippen LogP contribution in [0, 0.1) is 5.92 Å². The maximum Gasteiger partial charge on any atom is 0.244 e. The average molecular weight is 611 g/mol. The maximum atomic E-state index is 13.6. The van der Waals surface area contributed by atoms with Gasteiger partial charge in [-0.1, -0.05) is 59.1 Å². The van der Waals surface area contributed by atoms with Crippen molar-refractivity contribution in [1.82, 2.24) is 9.62 Å². The lowest BCUT2D eigenvalue weighted by Crippen LogP contribution is -2.35. The molecule has 39 heavy (non-hydrogen) atoms. The predicted octanol–water partition coefficient (Wildman–Crippen LogP) is 7.19. The molecule has 2 aliphatic rings. The number of nitrogens with one attached hydrogen (secondary N) is 1. The molecule has 1 aliphatic carbocycles. The van der Waals surface area contributed by atoms with E-state index in [1.54, 1.807) is 12.1 Å². The summed E-state index contributed by atoms with van der Waals surface area (Å²) in [5.74, 6) is 1.06. The van der Waals surface area contributed by atoms with Crippen LogP contribution in [0.4, 0.5) is 0 Å². The normalized spacial score (nSPS) is 18.8. The van der Waals surface area contributed by atoms with E-state index in [1.165, 1.54) is 4.31 Å². The smallest absolute Gasteiger partial charge is 0.244 e. The van der Waals surface area contributed by atoms with Gasteiger partial charge in [-0.15, -0.1) is 0 Å². The number of aliphatic imine (C=N–C) groups is 1. The van der Waals surface area contributed by atoms with Crippen LogP contribution in [0.3, 0.4) is 0 Å². The van der Waals surface area contributed by atoms with Crippen LogP contribution in [0.15, 0.2) is 69.5 Å². The molecular formula is C29H34Cl3N3O3S. The number of sulfonamides is 1. The summed E-state index contributed by atoms with van der Waals surface area (Å²) in [6.07, 6.45) is 8.34. The zero-order valence-corrected chi connectivity index (χ0v) is 25.5. The van der Waals surface area contributed by atoms with Crippen molar-refractivity contribution in [3.63, 3.8) is 0 Å². The summed E-state index contributed by atoms with van der Waals surface area (Å²) in [7, 11) is -3.78. The molecule has 10 heteroatoms. The van der Waals surface area contributed by atoms with Crippen LogP contribution in [0.2, 0.25) is 10.0 Å². The third-order valence-electron chi connectivity index (χ3n) is 7.01. The minimum Gasteiger partial charge on any atom is -0.493 e. The first-order chi connectivity index (χ1) is 18.5. The van der Waals surface area contributed by atoms with Crippen molar-refractivity contribution in [3.05, 3.63) is 80.8 Å². The molecule has 0 radical (unpaired) electrons. The maximum absolute atomic E-state index is 13.6. The molecule has 1 atom stereocenters. The fraction of sp³-hybridized carbons (Fsp3) is 0.414. The number of ether oxygens (including phenoxy) is 1. The minimum atomic E-state index is -3.78. The number of halogens is 3. The van der Waals surface area contributed by atoms with Gasteiger partial charge in [0.2, 0.25) is 10.0 Å². The Morgan fingerprint density at radius 2 is 1.82 bits per heavy atom. The lowest BCUT2D eigenvalue weighted by molar-refractivity contribution is 0.338. The van der Waals surface area contributed by atoms with Gasteiger partial charge in [0.05, 0.1) is 22.7 Å². The van der Waals surface area contributed by atoms with E-state index in [0.29, 0.717) is 53.4 Å². The molecule has 1 aliphatic heterocycles. The molecule has 0 aromatic heterocycles. The van der Waals surface area contributed by atoms with Crippen LogP contribution >= 0.6 is 34.8 Å². The predicted molar refractivity (Wildman–Crippen MR) is 161 cm³/mol. The van der Waals surface area contributed by atoms with Crippen LogP contribution in [-0.2, 0) is 16.6 Å². The second kappa shape index (κ2) is 12.6. The van der Waals surface area contributed by atoms with E-state index < -0.39 is 15.6 Å². The van der Waals surface area contributed by atoms with Crippen LogP contribution in [0.1, 0.15) is 51.2 Å². The van der Waals surface area contributed by atoms with Gasteiger partial charge in [-0.2, -0.15) is 4.31 Å². The zero-order valence-electron chi connectivity index (χ0n) is 22.4. The van der Waals surface area contributed by atoms with Gasteiger partial charge in [0, 0.05) is 41.7 Å². The highest BCUT2D eigenvalue weighted by molar-refractivity contribution is 7.89. The van der Waals surface area contributed by atoms with Crippen LogP contribution in [0.25, 0.3) is 0 Å². The number of hydrogen-bond acceptors (Lipinski definition) is 4. The highest BCUT2D eigenvalue weighted by Crippen LogP contribution is 2.36. The molecule has 6 nitrogen and oxygen atoms in total. The Morgan fingerprint density at radius 3 is 2.44 bits per heavy atom. The molecule has 1 heterocycles. The number of hydrogen-bond donors (Lipinski definition) is 1. The first kappa shape index (κ1) is 29.9. The number of allylic oxidation sites excluding steroid dienone is 3. The Kier molecular flexibility index (Phi) is 9.71. The van der Waals surface area contributed by atoms with Crippen LogP contribution in [-0.4, -0.2) is 43.8 Å². The summed E-state index contributed by atoms with van der Waals surface area (Å²) < 4.78 is 34.6. The van der Waals surface area contributed by atoms with Gasteiger partial charge in [0.25, 0.3) is 0 Å². The fourth-order valence-electron chi connectivity index (χ4n) is 4.73. The van der Waals surface area contributed by atoms with Gasteiger partial charge in [-0.25, -0.2) is 8.42 Å². The number of benzene rings is 2. The van der Waals surface area contributed by atoms with E-state index in [2.05, 4.69) is 25.2 Å². The molecule has 1 N–H and O–H groups in total. The number of rotatable bonds is 9. The van der Waals surface area contributed by atoms with Crippen LogP contribution in [0.5, 0.6) is 5.75 Å². The second-order valence-corrected chi connectivity index (χ2v) is 13.4. The second-order valence-electron chi connectivity index (χ2n) is 10.2. The molecule has 210 valence electrons. The van der Waals surface area contributed by atoms with Crippen molar-refractivity contribution in [1.29, 1.82) is 0 Å². The lowest BCUT2D eigenvalue weighted by atomic mass is 9.83. The summed E-state index contributed by atoms with van der Waals surface area (Å²) in [5, 5.41) is 4.94. The highest BCUT2D eigenvalue weighted by Gasteiger charge is 2.33. The molecule has 4 rings (SSSR count). The summed E-state index contributed by atoms with van der Waals surface area (Å²) in [4.78, 5) is 5.23. The van der Waals surface area contributed by atoms with E-state index >= 15 is 0 Å². The Labute approximate surface area is 246 Å². The van der Waals surface area contributed by atoms with Crippen molar-refractivity contribution in [2.45, 2.75) is 57.0 Å². The average Bonchev–Trinajstić information content (AvgIpc) is 3.44. The topological polar surface area (TPSA) is 71.0 Å². The summed E-state index contributed by atoms with van der Waals surface area (Å²) in [6, 6.07) is 10.7. The van der Waals surface area contributed by atoms with Gasteiger partial charge in [-0.3, -0.25) is 4.99 Å². The van der Waals surface area contributed by atoms with E-state index in [-0.39, 0.29) is 15.8 Å². The number of nitrogens with zero attached hydrogens (tertiary/aromatic N) is 2. The highest BCUT2D eigenvalue weighted by atomic mass is 35.5. The Hall–Kier alpha value is -2.03. The molecule has 1 saturated heterocycles. The Bertz CT molecular complexity index is 1380. The van der Waals surface area contributed by atoms with Crippen molar-refractivity contribution in [2.75, 3.05) is 19.7 Å². The van der Waals surface area contributed by atoms with Gasteiger partial charge in [0.1, 0.15) is 16.5 Å². The zero-order chi connectivity index (χ0) is 28.2. The minimum absolute atomic E-state index is 0.0515. The third kappa shape index (κ3) is 7.19.